The lowest BCUT2D eigenvalue weighted by Crippen LogP contribution is -2.33. The van der Waals surface area contributed by atoms with E-state index in [1.807, 2.05) is 6.92 Å². The Labute approximate surface area is 158 Å². The number of piperidine rings is 1. The molecule has 0 saturated carbocycles. The fourth-order valence-corrected chi connectivity index (χ4v) is 3.35. The second-order valence-electron chi connectivity index (χ2n) is 5.68. The van der Waals surface area contributed by atoms with Crippen LogP contribution in [0.2, 0.25) is 0 Å². The molecule has 136 valence electrons. The zero-order chi connectivity index (χ0) is 16.7. The third-order valence-corrected chi connectivity index (χ3v) is 4.61. The standard InChI is InChI=1S/C17H25BrN2O3.ClH/c1-3-23-16-14(18)9-13(10-15(16)22-2)17(21)20-8-6-12-5-4-7-19-11-12;/h9-10,12,19H,3-8,11H2,1-2H3,(H,20,21);1H. The second-order valence-corrected chi connectivity index (χ2v) is 6.53. The lowest BCUT2D eigenvalue weighted by molar-refractivity contribution is 0.0950. The molecule has 24 heavy (non-hydrogen) atoms. The molecule has 0 radical (unpaired) electrons. The zero-order valence-electron chi connectivity index (χ0n) is 14.2. The van der Waals surface area contributed by atoms with E-state index < -0.39 is 0 Å². The smallest absolute Gasteiger partial charge is 0.251 e. The van der Waals surface area contributed by atoms with E-state index in [9.17, 15) is 4.79 Å². The van der Waals surface area contributed by atoms with Gasteiger partial charge in [-0.1, -0.05) is 0 Å². The van der Waals surface area contributed by atoms with Crippen LogP contribution in [0.25, 0.3) is 0 Å². The SMILES string of the molecule is CCOc1c(Br)cc(C(=O)NCCC2CCCNC2)cc1OC.Cl. The van der Waals surface area contributed by atoms with Gasteiger partial charge in [0.15, 0.2) is 11.5 Å². The Morgan fingerprint density at radius 1 is 1.46 bits per heavy atom. The van der Waals surface area contributed by atoms with Crippen molar-refractivity contribution in [3.05, 3.63) is 22.2 Å². The Morgan fingerprint density at radius 3 is 2.88 bits per heavy atom. The fraction of sp³-hybridized carbons (Fsp3) is 0.588. The van der Waals surface area contributed by atoms with Crippen molar-refractivity contribution in [1.82, 2.24) is 10.6 Å². The minimum absolute atomic E-state index is 0. The topological polar surface area (TPSA) is 59.6 Å². The number of carbonyl (C=O) groups excluding carboxylic acids is 1. The number of halogens is 2. The van der Waals surface area contributed by atoms with Crippen LogP contribution < -0.4 is 20.1 Å². The van der Waals surface area contributed by atoms with Gasteiger partial charge in [0.1, 0.15) is 0 Å². The van der Waals surface area contributed by atoms with Gasteiger partial charge >= 0.3 is 0 Å². The quantitative estimate of drug-likeness (QED) is 0.708. The van der Waals surface area contributed by atoms with Crippen LogP contribution in [0.5, 0.6) is 11.5 Å². The molecule has 1 saturated heterocycles. The number of hydrogen-bond acceptors (Lipinski definition) is 4. The molecule has 1 atom stereocenters. The molecule has 7 heteroatoms. The predicted octanol–water partition coefficient (Wildman–Crippen LogP) is 3.40. The molecule has 2 rings (SSSR count). The van der Waals surface area contributed by atoms with Gasteiger partial charge in [-0.2, -0.15) is 0 Å². The number of benzene rings is 1. The van der Waals surface area contributed by atoms with Crippen LogP contribution in [0.3, 0.4) is 0 Å². The van der Waals surface area contributed by atoms with Crippen LogP contribution in [0.15, 0.2) is 16.6 Å². The summed E-state index contributed by atoms with van der Waals surface area (Å²) < 4.78 is 11.6. The Hall–Kier alpha value is -0.980. The van der Waals surface area contributed by atoms with Crippen molar-refractivity contribution in [2.75, 3.05) is 33.4 Å². The normalized spacial score (nSPS) is 16.9. The van der Waals surface area contributed by atoms with Gasteiger partial charge in [-0.05, 0) is 73.3 Å². The van der Waals surface area contributed by atoms with Gasteiger partial charge in [-0.15, -0.1) is 12.4 Å². The molecule has 1 unspecified atom stereocenters. The lowest BCUT2D eigenvalue weighted by Gasteiger charge is -2.22. The molecule has 1 aromatic rings. The Kier molecular flexibility index (Phi) is 9.48. The average Bonchev–Trinajstić information content (AvgIpc) is 2.57. The summed E-state index contributed by atoms with van der Waals surface area (Å²) in [5.74, 6) is 1.75. The third-order valence-electron chi connectivity index (χ3n) is 4.02. The Bertz CT molecular complexity index is 537. The maximum absolute atomic E-state index is 12.3. The lowest BCUT2D eigenvalue weighted by atomic mass is 9.96. The molecule has 0 spiro atoms. The molecule has 1 aliphatic heterocycles. The van der Waals surface area contributed by atoms with E-state index in [4.69, 9.17) is 9.47 Å². The summed E-state index contributed by atoms with van der Waals surface area (Å²) in [6, 6.07) is 3.48. The molecular weight excluding hydrogens is 396 g/mol. The van der Waals surface area contributed by atoms with E-state index in [-0.39, 0.29) is 18.3 Å². The number of methoxy groups -OCH3 is 1. The van der Waals surface area contributed by atoms with Gasteiger partial charge < -0.3 is 20.1 Å². The summed E-state index contributed by atoms with van der Waals surface area (Å²) in [6.07, 6.45) is 3.47. The van der Waals surface area contributed by atoms with Gasteiger partial charge in [0, 0.05) is 12.1 Å². The summed E-state index contributed by atoms with van der Waals surface area (Å²) in [5.41, 5.74) is 0.568. The first-order valence-corrected chi connectivity index (χ1v) is 8.94. The second kappa shape index (κ2) is 10.8. The summed E-state index contributed by atoms with van der Waals surface area (Å²) in [4.78, 5) is 12.3. The third kappa shape index (κ3) is 5.83. The highest BCUT2D eigenvalue weighted by Gasteiger charge is 2.16. The van der Waals surface area contributed by atoms with Crippen LogP contribution in [-0.4, -0.2) is 39.3 Å². The summed E-state index contributed by atoms with van der Waals surface area (Å²) in [6.45, 7) is 5.31. The zero-order valence-corrected chi connectivity index (χ0v) is 16.6. The monoisotopic (exact) mass is 420 g/mol. The predicted molar refractivity (Wildman–Crippen MR) is 102 cm³/mol. The molecule has 1 aliphatic rings. The van der Waals surface area contributed by atoms with Crippen molar-refractivity contribution in [1.29, 1.82) is 0 Å². The molecule has 0 bridgehead atoms. The number of hydrogen-bond donors (Lipinski definition) is 2. The highest BCUT2D eigenvalue weighted by molar-refractivity contribution is 9.10. The number of ether oxygens (including phenoxy) is 2. The first kappa shape index (κ1) is 21.1. The van der Waals surface area contributed by atoms with Crippen LogP contribution in [0, 0.1) is 5.92 Å². The van der Waals surface area contributed by atoms with Gasteiger partial charge in [0.25, 0.3) is 5.91 Å². The van der Waals surface area contributed by atoms with Crippen LogP contribution in [0.1, 0.15) is 36.5 Å². The summed E-state index contributed by atoms with van der Waals surface area (Å²) in [7, 11) is 1.57. The van der Waals surface area contributed by atoms with Crippen LogP contribution in [0.4, 0.5) is 0 Å². The molecule has 1 fully saturated rings. The molecule has 0 aliphatic carbocycles. The van der Waals surface area contributed by atoms with E-state index in [1.54, 1.807) is 19.2 Å². The van der Waals surface area contributed by atoms with Crippen molar-refractivity contribution in [3.63, 3.8) is 0 Å². The van der Waals surface area contributed by atoms with E-state index in [1.165, 1.54) is 12.8 Å². The summed E-state index contributed by atoms with van der Waals surface area (Å²) >= 11 is 3.45. The van der Waals surface area contributed by atoms with Gasteiger partial charge in [-0.3, -0.25) is 4.79 Å². The maximum atomic E-state index is 12.3. The molecule has 2 N–H and O–H groups in total. The fourth-order valence-electron chi connectivity index (χ4n) is 2.80. The van der Waals surface area contributed by atoms with Crippen molar-refractivity contribution in [2.24, 2.45) is 5.92 Å². The number of nitrogens with one attached hydrogen (secondary N) is 2. The molecule has 1 aromatic carbocycles. The van der Waals surface area contributed by atoms with Crippen molar-refractivity contribution in [2.45, 2.75) is 26.2 Å². The molecular formula is C17H26BrClN2O3. The summed E-state index contributed by atoms with van der Waals surface area (Å²) in [5, 5.41) is 6.39. The molecule has 0 aromatic heterocycles. The van der Waals surface area contributed by atoms with Gasteiger partial charge in [-0.25, -0.2) is 0 Å². The number of rotatable bonds is 7. The van der Waals surface area contributed by atoms with E-state index in [2.05, 4.69) is 26.6 Å². The highest BCUT2D eigenvalue weighted by Crippen LogP contribution is 2.36. The van der Waals surface area contributed by atoms with Crippen LogP contribution in [-0.2, 0) is 0 Å². The highest BCUT2D eigenvalue weighted by atomic mass is 79.9. The Balaban J connectivity index is 0.00000288. The average molecular weight is 422 g/mol. The van der Waals surface area contributed by atoms with Gasteiger partial charge in [0.2, 0.25) is 0 Å². The van der Waals surface area contributed by atoms with Crippen molar-refractivity contribution in [3.8, 4) is 11.5 Å². The van der Waals surface area contributed by atoms with Gasteiger partial charge in [0.05, 0.1) is 18.2 Å². The maximum Gasteiger partial charge on any atom is 0.251 e. The molecule has 1 heterocycles. The van der Waals surface area contributed by atoms with Crippen molar-refractivity contribution < 1.29 is 14.3 Å². The molecule has 1 amide bonds. The first-order chi connectivity index (χ1) is 11.2. The van der Waals surface area contributed by atoms with E-state index in [0.29, 0.717) is 36.1 Å². The molecule has 5 nitrogen and oxygen atoms in total. The minimum Gasteiger partial charge on any atom is -0.493 e. The number of carbonyl (C=O) groups is 1. The van der Waals surface area contributed by atoms with E-state index >= 15 is 0 Å². The van der Waals surface area contributed by atoms with Crippen LogP contribution >= 0.6 is 28.3 Å². The van der Waals surface area contributed by atoms with Crippen molar-refractivity contribution >= 4 is 34.2 Å². The Morgan fingerprint density at radius 2 is 2.25 bits per heavy atom. The largest absolute Gasteiger partial charge is 0.493 e. The van der Waals surface area contributed by atoms with E-state index in [0.717, 1.165) is 24.0 Å². The number of amides is 1. The minimum atomic E-state index is -0.0872. The first-order valence-electron chi connectivity index (χ1n) is 8.15.